The molecule has 3 aromatic rings. The van der Waals surface area contributed by atoms with Gasteiger partial charge in [-0.15, -0.1) is 0 Å². The maximum absolute atomic E-state index is 5.70. The Bertz CT molecular complexity index is 811. The van der Waals surface area contributed by atoms with Crippen LogP contribution in [0, 0.1) is 0 Å². The van der Waals surface area contributed by atoms with Gasteiger partial charge in [0.2, 0.25) is 0 Å². The van der Waals surface area contributed by atoms with Crippen molar-refractivity contribution < 1.29 is 4.74 Å². The molecule has 0 aliphatic rings. The highest BCUT2D eigenvalue weighted by molar-refractivity contribution is 7.80. The van der Waals surface area contributed by atoms with Crippen molar-refractivity contribution in [2.24, 2.45) is 0 Å². The first-order valence-corrected chi connectivity index (χ1v) is 9.46. The summed E-state index contributed by atoms with van der Waals surface area (Å²) in [5, 5.41) is 4.00. The summed E-state index contributed by atoms with van der Waals surface area (Å²) in [6.45, 7) is 2.63. The molecule has 0 bridgehead atoms. The van der Waals surface area contributed by atoms with Gasteiger partial charge in [0.1, 0.15) is 5.75 Å². The van der Waals surface area contributed by atoms with E-state index >= 15 is 0 Å². The quantitative estimate of drug-likeness (QED) is 0.574. The van der Waals surface area contributed by atoms with E-state index in [4.69, 9.17) is 17.0 Å². The van der Waals surface area contributed by atoms with E-state index in [0.29, 0.717) is 11.7 Å². The highest BCUT2D eigenvalue weighted by Crippen LogP contribution is 2.28. The zero-order chi connectivity index (χ0) is 19.1. The third kappa shape index (κ3) is 4.86. The molecular weight excluding hydrogens is 352 g/mol. The summed E-state index contributed by atoms with van der Waals surface area (Å²) in [6, 6.07) is 28.7. The number of ether oxygens (including phenoxy) is 1. The molecular formula is C23H24N2OS. The van der Waals surface area contributed by atoms with E-state index in [-0.39, 0.29) is 6.04 Å². The summed E-state index contributed by atoms with van der Waals surface area (Å²) in [5.74, 6) is 0.855. The second-order valence-corrected chi connectivity index (χ2v) is 6.61. The number of benzene rings is 3. The molecule has 3 rings (SSSR count). The Morgan fingerprint density at radius 1 is 0.889 bits per heavy atom. The van der Waals surface area contributed by atoms with Crippen LogP contribution < -0.4 is 10.1 Å². The fourth-order valence-corrected chi connectivity index (χ4v) is 3.26. The van der Waals surface area contributed by atoms with Gasteiger partial charge in [0.05, 0.1) is 12.6 Å². The van der Waals surface area contributed by atoms with Crippen LogP contribution in [0.1, 0.15) is 24.1 Å². The van der Waals surface area contributed by atoms with Gasteiger partial charge in [-0.05, 0) is 54.5 Å². The zero-order valence-corrected chi connectivity index (χ0v) is 16.4. The second kappa shape index (κ2) is 9.19. The minimum atomic E-state index is 0.0371. The lowest BCUT2D eigenvalue weighted by Gasteiger charge is -2.31. The van der Waals surface area contributed by atoms with Crippen molar-refractivity contribution in [2.75, 3.05) is 19.0 Å². The van der Waals surface area contributed by atoms with Crippen LogP contribution in [0.25, 0.3) is 0 Å². The van der Waals surface area contributed by atoms with Crippen LogP contribution >= 0.6 is 12.2 Å². The van der Waals surface area contributed by atoms with Gasteiger partial charge in [0.15, 0.2) is 5.11 Å². The van der Waals surface area contributed by atoms with Crippen LogP contribution in [0.15, 0.2) is 84.9 Å². The van der Waals surface area contributed by atoms with Crippen LogP contribution in [0.2, 0.25) is 0 Å². The monoisotopic (exact) mass is 376 g/mol. The number of hydrogen-bond acceptors (Lipinski definition) is 2. The molecule has 0 amide bonds. The van der Waals surface area contributed by atoms with Gasteiger partial charge >= 0.3 is 0 Å². The smallest absolute Gasteiger partial charge is 0.173 e. The molecule has 0 aliphatic heterocycles. The molecule has 0 saturated heterocycles. The lowest BCUT2D eigenvalue weighted by molar-refractivity contribution is 0.340. The van der Waals surface area contributed by atoms with Crippen molar-refractivity contribution in [1.29, 1.82) is 0 Å². The van der Waals surface area contributed by atoms with E-state index in [9.17, 15) is 0 Å². The van der Waals surface area contributed by atoms with Crippen LogP contribution in [-0.2, 0) is 0 Å². The molecule has 0 aliphatic carbocycles. The predicted molar refractivity (Wildman–Crippen MR) is 116 cm³/mol. The van der Waals surface area contributed by atoms with Gasteiger partial charge in [-0.25, -0.2) is 0 Å². The summed E-state index contributed by atoms with van der Waals surface area (Å²) in [7, 11) is 2.02. The standard InChI is InChI=1S/C23H24N2OS/c1-3-26-21-16-14-20(15-17-21)24-23(27)25(2)22(18-10-6-4-7-11-18)19-12-8-5-9-13-19/h4-17,22H,3H2,1-2H3,(H,24,27). The third-order valence-corrected chi connectivity index (χ3v) is 4.74. The van der Waals surface area contributed by atoms with Gasteiger partial charge in [-0.3, -0.25) is 0 Å². The molecule has 3 nitrogen and oxygen atoms in total. The van der Waals surface area contributed by atoms with Gasteiger partial charge in [-0.1, -0.05) is 60.7 Å². The molecule has 0 atom stereocenters. The lowest BCUT2D eigenvalue weighted by Crippen LogP contribution is -2.35. The molecule has 0 saturated carbocycles. The minimum absolute atomic E-state index is 0.0371. The number of thiocarbonyl (C=S) groups is 1. The highest BCUT2D eigenvalue weighted by Gasteiger charge is 2.21. The van der Waals surface area contributed by atoms with Crippen molar-refractivity contribution in [1.82, 2.24) is 4.90 Å². The molecule has 0 unspecified atom stereocenters. The van der Waals surface area contributed by atoms with Crippen LogP contribution in [-0.4, -0.2) is 23.7 Å². The summed E-state index contributed by atoms with van der Waals surface area (Å²) in [5.41, 5.74) is 3.33. The van der Waals surface area contributed by atoms with E-state index in [1.165, 1.54) is 11.1 Å². The van der Waals surface area contributed by atoms with E-state index in [0.717, 1.165) is 11.4 Å². The summed E-state index contributed by atoms with van der Waals surface area (Å²) >= 11 is 5.70. The maximum Gasteiger partial charge on any atom is 0.173 e. The summed E-state index contributed by atoms with van der Waals surface area (Å²) < 4.78 is 5.50. The molecule has 3 aromatic carbocycles. The van der Waals surface area contributed by atoms with Crippen molar-refractivity contribution >= 4 is 23.0 Å². The Labute approximate surface area is 166 Å². The maximum atomic E-state index is 5.70. The van der Waals surface area contributed by atoms with E-state index in [1.807, 2.05) is 50.4 Å². The first-order chi connectivity index (χ1) is 13.2. The second-order valence-electron chi connectivity index (χ2n) is 6.22. The molecule has 0 radical (unpaired) electrons. The fraction of sp³-hybridized carbons (Fsp3) is 0.174. The van der Waals surface area contributed by atoms with E-state index in [2.05, 4.69) is 58.7 Å². The topological polar surface area (TPSA) is 24.5 Å². The molecule has 138 valence electrons. The molecule has 0 fully saturated rings. The van der Waals surface area contributed by atoms with Gasteiger partial charge < -0.3 is 15.0 Å². The normalized spacial score (nSPS) is 10.5. The molecule has 1 N–H and O–H groups in total. The SMILES string of the molecule is CCOc1ccc(NC(=S)N(C)C(c2ccccc2)c2ccccc2)cc1. The Hall–Kier alpha value is -2.85. The number of anilines is 1. The number of nitrogens with one attached hydrogen (secondary N) is 1. The molecule has 0 aromatic heterocycles. The summed E-state index contributed by atoms with van der Waals surface area (Å²) in [4.78, 5) is 2.09. The van der Waals surface area contributed by atoms with Crippen LogP contribution in [0.3, 0.4) is 0 Å². The van der Waals surface area contributed by atoms with Gasteiger partial charge in [0.25, 0.3) is 0 Å². The van der Waals surface area contributed by atoms with Crippen molar-refractivity contribution in [3.05, 3.63) is 96.1 Å². The average Bonchev–Trinajstić information content (AvgIpc) is 2.71. The Morgan fingerprint density at radius 2 is 1.41 bits per heavy atom. The third-order valence-electron chi connectivity index (χ3n) is 4.35. The van der Waals surface area contributed by atoms with Gasteiger partial charge in [0, 0.05) is 12.7 Å². The van der Waals surface area contributed by atoms with Crippen molar-refractivity contribution in [3.63, 3.8) is 0 Å². The van der Waals surface area contributed by atoms with Crippen LogP contribution in [0.5, 0.6) is 5.75 Å². The zero-order valence-electron chi connectivity index (χ0n) is 15.6. The Kier molecular flexibility index (Phi) is 6.44. The number of rotatable bonds is 6. The highest BCUT2D eigenvalue weighted by atomic mass is 32.1. The minimum Gasteiger partial charge on any atom is -0.494 e. The lowest BCUT2D eigenvalue weighted by atomic mass is 9.98. The first kappa shape index (κ1) is 18.9. The molecule has 0 heterocycles. The average molecular weight is 377 g/mol. The molecule has 0 spiro atoms. The largest absolute Gasteiger partial charge is 0.494 e. The number of nitrogens with zero attached hydrogens (tertiary/aromatic N) is 1. The fourth-order valence-electron chi connectivity index (χ4n) is 3.04. The molecule has 4 heteroatoms. The molecule has 27 heavy (non-hydrogen) atoms. The Morgan fingerprint density at radius 3 is 1.89 bits per heavy atom. The van der Waals surface area contributed by atoms with Crippen molar-refractivity contribution in [3.8, 4) is 5.75 Å². The van der Waals surface area contributed by atoms with Crippen molar-refractivity contribution in [2.45, 2.75) is 13.0 Å². The van der Waals surface area contributed by atoms with Gasteiger partial charge in [-0.2, -0.15) is 0 Å². The first-order valence-electron chi connectivity index (χ1n) is 9.05. The predicted octanol–water partition coefficient (Wildman–Crippen LogP) is 5.50. The van der Waals surface area contributed by atoms with E-state index in [1.54, 1.807) is 0 Å². The summed E-state index contributed by atoms with van der Waals surface area (Å²) in [6.07, 6.45) is 0. The van der Waals surface area contributed by atoms with Crippen LogP contribution in [0.4, 0.5) is 5.69 Å². The van der Waals surface area contributed by atoms with E-state index < -0.39 is 0 Å². The number of hydrogen-bond donors (Lipinski definition) is 1. The Balaban J connectivity index is 1.81.